The highest BCUT2D eigenvalue weighted by atomic mass is 127. The van der Waals surface area contributed by atoms with Gasteiger partial charge in [0.1, 0.15) is 5.52 Å². The van der Waals surface area contributed by atoms with Crippen LogP contribution in [0.3, 0.4) is 0 Å². The summed E-state index contributed by atoms with van der Waals surface area (Å²) in [6.07, 6.45) is 0. The van der Waals surface area contributed by atoms with E-state index < -0.39 is 0 Å². The molecule has 3 rings (SSSR count). The summed E-state index contributed by atoms with van der Waals surface area (Å²) < 4.78 is 5.60. The number of benzene rings is 1. The van der Waals surface area contributed by atoms with E-state index >= 15 is 0 Å². The molecule has 0 bridgehead atoms. The summed E-state index contributed by atoms with van der Waals surface area (Å²) in [6, 6.07) is 16.1. The summed E-state index contributed by atoms with van der Waals surface area (Å²) in [6.45, 7) is 0. The zero-order chi connectivity index (χ0) is 11.7. The van der Waals surface area contributed by atoms with E-state index in [0.29, 0.717) is 0 Å². The average Bonchev–Trinajstić information content (AvgIpc) is 2.81. The summed E-state index contributed by atoms with van der Waals surface area (Å²) in [4.78, 5) is 4.60. The van der Waals surface area contributed by atoms with E-state index in [1.54, 1.807) is 8.93 Å². The Kier molecular flexibility index (Phi) is 3.07. The molecule has 0 unspecified atom stereocenters. The van der Waals surface area contributed by atoms with Crippen LogP contribution in [0.15, 0.2) is 58.0 Å². The lowest BCUT2D eigenvalue weighted by molar-refractivity contribution is 0.517. The molecule has 2 aromatic heterocycles. The maximum absolute atomic E-state index is 5.60. The molecule has 0 aliphatic rings. The summed E-state index contributed by atoms with van der Waals surface area (Å²) in [5.74, 6) is 0. The van der Waals surface area contributed by atoms with E-state index in [-0.39, 0.29) is 0 Å². The predicted molar refractivity (Wildman–Crippen MR) is 79.3 cm³/mol. The zero-order valence-corrected chi connectivity index (χ0v) is 11.7. The van der Waals surface area contributed by atoms with Crippen LogP contribution in [-0.2, 0) is 0 Å². The fourth-order valence-electron chi connectivity index (χ4n) is 1.71. The van der Waals surface area contributed by atoms with Crippen LogP contribution in [0.5, 0.6) is 0 Å². The van der Waals surface area contributed by atoms with E-state index in [1.165, 1.54) is 0 Å². The highest BCUT2D eigenvalue weighted by Crippen LogP contribution is 2.31. The van der Waals surface area contributed by atoms with Crippen LogP contribution in [0.4, 0.5) is 0 Å². The fraction of sp³-hybridized carbons (Fsp3) is 0. The lowest BCUT2D eigenvalue weighted by Crippen LogP contribution is -1.81. The van der Waals surface area contributed by atoms with Gasteiger partial charge >= 0.3 is 0 Å². The third-order valence-electron chi connectivity index (χ3n) is 2.50. The van der Waals surface area contributed by atoms with E-state index in [2.05, 4.69) is 38.3 Å². The molecule has 0 fully saturated rings. The molecule has 0 saturated heterocycles. The van der Waals surface area contributed by atoms with E-state index in [1.807, 2.05) is 36.4 Å². The Morgan fingerprint density at radius 3 is 2.65 bits per heavy atom. The van der Waals surface area contributed by atoms with Crippen molar-refractivity contribution in [2.75, 3.05) is 0 Å². The predicted octanol–water partition coefficient (Wildman–Crippen LogP) is 4.94. The summed E-state index contributed by atoms with van der Waals surface area (Å²) in [5, 5.41) is 0.887. The second kappa shape index (κ2) is 4.70. The van der Waals surface area contributed by atoms with Gasteiger partial charge in [0.25, 0.3) is 0 Å². The van der Waals surface area contributed by atoms with Gasteiger partial charge < -0.3 is 4.42 Å². The van der Waals surface area contributed by atoms with Gasteiger partial charge in [0.05, 0.1) is 5.69 Å². The van der Waals surface area contributed by atoms with Crippen molar-refractivity contribution in [1.29, 1.82) is 0 Å². The first-order valence-electron chi connectivity index (χ1n) is 5.11. The second-order valence-corrected chi connectivity index (χ2v) is 5.47. The quantitative estimate of drug-likeness (QED) is 0.611. The molecule has 2 heterocycles. The number of halogens is 1. The highest BCUT2D eigenvalue weighted by Gasteiger charge is 2.06. The van der Waals surface area contributed by atoms with Crippen molar-refractivity contribution >= 4 is 41.2 Å². The van der Waals surface area contributed by atoms with Gasteiger partial charge in [0.15, 0.2) is 10.7 Å². The van der Waals surface area contributed by atoms with Gasteiger partial charge in [0, 0.05) is 32.8 Å². The zero-order valence-electron chi connectivity index (χ0n) is 8.76. The third-order valence-corrected chi connectivity index (χ3v) is 4.15. The Balaban J connectivity index is 2.13. The molecule has 0 spiro atoms. The van der Waals surface area contributed by atoms with Gasteiger partial charge in [-0.1, -0.05) is 30.3 Å². The van der Waals surface area contributed by atoms with Crippen molar-refractivity contribution in [3.05, 3.63) is 48.5 Å². The molecule has 0 saturated carbocycles. The van der Waals surface area contributed by atoms with Crippen LogP contribution in [0, 0.1) is 0 Å². The minimum Gasteiger partial charge on any atom is -0.447 e. The van der Waals surface area contributed by atoms with Gasteiger partial charge in [-0.3, -0.25) is 0 Å². The molecule has 0 aliphatic heterocycles. The van der Waals surface area contributed by atoms with E-state index in [4.69, 9.17) is 4.42 Å². The van der Waals surface area contributed by atoms with Crippen LogP contribution in [0.1, 0.15) is 0 Å². The van der Waals surface area contributed by atoms with Gasteiger partial charge in [-0.25, -0.2) is 4.98 Å². The number of hydrogen-bond donors (Lipinski definition) is 0. The SMILES string of the molecule is ISc1cc2nc(-c3ccccc3)ccc2o1. The molecule has 0 atom stereocenters. The molecule has 17 heavy (non-hydrogen) atoms. The van der Waals surface area contributed by atoms with Gasteiger partial charge in [-0.05, 0) is 21.1 Å². The molecule has 0 aliphatic carbocycles. The first-order valence-corrected chi connectivity index (χ1v) is 8.47. The smallest absolute Gasteiger partial charge is 0.173 e. The fourth-order valence-corrected chi connectivity index (χ4v) is 2.64. The number of hydrogen-bond acceptors (Lipinski definition) is 3. The summed E-state index contributed by atoms with van der Waals surface area (Å²) >= 11 is 2.20. The standard InChI is InChI=1S/C13H8INOS/c14-17-13-8-11-12(16-13)7-6-10(15-11)9-4-2-1-3-5-9/h1-8H. The highest BCUT2D eigenvalue weighted by molar-refractivity contribution is 14.2. The maximum Gasteiger partial charge on any atom is 0.173 e. The number of furan rings is 1. The molecule has 0 amide bonds. The van der Waals surface area contributed by atoms with Crippen LogP contribution in [-0.4, -0.2) is 4.98 Å². The van der Waals surface area contributed by atoms with Crippen LogP contribution in [0.2, 0.25) is 0 Å². The normalized spacial score (nSPS) is 10.9. The van der Waals surface area contributed by atoms with E-state index in [9.17, 15) is 0 Å². The lowest BCUT2D eigenvalue weighted by Gasteiger charge is -1.99. The Hall–Kier alpha value is -1.01. The molecule has 84 valence electrons. The largest absolute Gasteiger partial charge is 0.447 e. The molecule has 1 aromatic carbocycles. The lowest BCUT2D eigenvalue weighted by atomic mass is 10.1. The molecular weight excluding hydrogens is 345 g/mol. The van der Waals surface area contributed by atoms with Crippen molar-refractivity contribution in [2.45, 2.75) is 5.09 Å². The number of aromatic nitrogens is 1. The molecule has 0 N–H and O–H groups in total. The Labute approximate surface area is 115 Å². The molecule has 0 radical (unpaired) electrons. The number of rotatable bonds is 2. The number of pyridine rings is 1. The Bertz CT molecular complexity index is 651. The first kappa shape index (κ1) is 11.1. The molecule has 4 heteroatoms. The topological polar surface area (TPSA) is 26.0 Å². The van der Waals surface area contributed by atoms with Crippen molar-refractivity contribution < 1.29 is 4.42 Å². The molecule has 2 nitrogen and oxygen atoms in total. The minimum absolute atomic E-state index is 0.837. The third kappa shape index (κ3) is 2.19. The summed E-state index contributed by atoms with van der Waals surface area (Å²) in [5.41, 5.74) is 3.84. The second-order valence-electron chi connectivity index (χ2n) is 3.59. The molecule has 3 aromatic rings. The Morgan fingerprint density at radius 2 is 1.88 bits per heavy atom. The van der Waals surface area contributed by atoms with Crippen molar-refractivity contribution in [3.8, 4) is 11.3 Å². The van der Waals surface area contributed by atoms with Crippen molar-refractivity contribution in [1.82, 2.24) is 4.98 Å². The summed E-state index contributed by atoms with van der Waals surface area (Å²) in [7, 11) is 1.56. The van der Waals surface area contributed by atoms with Crippen LogP contribution in [0.25, 0.3) is 22.4 Å². The van der Waals surface area contributed by atoms with E-state index in [0.717, 1.165) is 27.4 Å². The van der Waals surface area contributed by atoms with Gasteiger partial charge in [0.2, 0.25) is 0 Å². The minimum atomic E-state index is 0.837. The van der Waals surface area contributed by atoms with Crippen molar-refractivity contribution in [2.24, 2.45) is 0 Å². The Morgan fingerprint density at radius 1 is 1.06 bits per heavy atom. The maximum atomic E-state index is 5.60. The number of nitrogens with zero attached hydrogens (tertiary/aromatic N) is 1. The average molecular weight is 353 g/mol. The van der Waals surface area contributed by atoms with Gasteiger partial charge in [-0.2, -0.15) is 0 Å². The van der Waals surface area contributed by atoms with Crippen molar-refractivity contribution in [3.63, 3.8) is 0 Å². The monoisotopic (exact) mass is 353 g/mol. The van der Waals surface area contributed by atoms with Crippen LogP contribution >= 0.6 is 30.1 Å². The first-order chi connectivity index (χ1) is 8.36. The molecular formula is C13H8INOS. The number of fused-ring (bicyclic) bond motifs is 1. The van der Waals surface area contributed by atoms with Gasteiger partial charge in [-0.15, -0.1) is 0 Å². The van der Waals surface area contributed by atoms with Crippen LogP contribution < -0.4 is 0 Å².